The van der Waals surface area contributed by atoms with Crippen molar-refractivity contribution in [3.8, 4) is 23.0 Å². The molecule has 8 heteroatoms. The minimum atomic E-state index is -0.881. The van der Waals surface area contributed by atoms with Gasteiger partial charge in [0.1, 0.15) is 17.3 Å². The van der Waals surface area contributed by atoms with Crippen LogP contribution in [0, 0.1) is 0 Å². The Balaban J connectivity index is 1.66. The van der Waals surface area contributed by atoms with Gasteiger partial charge in [-0.1, -0.05) is 19.1 Å². The molecule has 2 aliphatic heterocycles. The van der Waals surface area contributed by atoms with E-state index in [1.54, 1.807) is 67.8 Å². The summed E-state index contributed by atoms with van der Waals surface area (Å²) in [6.07, 6.45) is 0.832. The smallest absolute Gasteiger partial charge is 0.300 e. The molecule has 1 atom stereocenters. The lowest BCUT2D eigenvalue weighted by Gasteiger charge is -2.26. The number of carbonyl (C=O) groups excluding carboxylic acids is 2. The van der Waals surface area contributed by atoms with Crippen molar-refractivity contribution in [2.45, 2.75) is 19.4 Å². The molecule has 1 fully saturated rings. The molecule has 0 bridgehead atoms. The van der Waals surface area contributed by atoms with E-state index in [4.69, 9.17) is 18.9 Å². The number of methoxy groups -OCH3 is 1. The van der Waals surface area contributed by atoms with Crippen molar-refractivity contribution < 1.29 is 33.6 Å². The quantitative estimate of drug-likeness (QED) is 0.290. The SMILES string of the molecule is CCCOc1cccc(C2/C(=C(/O)c3ccc4c(c3)OCO4)C(=O)C(=O)N2c2ccc(OC)cc2)c1. The maximum Gasteiger partial charge on any atom is 0.300 e. The maximum atomic E-state index is 13.4. The van der Waals surface area contributed by atoms with E-state index in [0.29, 0.717) is 46.4 Å². The molecule has 0 aromatic heterocycles. The zero-order chi connectivity index (χ0) is 25.2. The van der Waals surface area contributed by atoms with Gasteiger partial charge in [-0.3, -0.25) is 14.5 Å². The Kier molecular flexibility index (Phi) is 6.25. The highest BCUT2D eigenvalue weighted by atomic mass is 16.7. The number of nitrogens with zero attached hydrogens (tertiary/aromatic N) is 1. The molecule has 1 N–H and O–H groups in total. The monoisotopic (exact) mass is 487 g/mol. The summed E-state index contributed by atoms with van der Waals surface area (Å²) in [7, 11) is 1.55. The van der Waals surface area contributed by atoms with Crippen LogP contribution in [0.15, 0.2) is 72.3 Å². The number of rotatable bonds is 7. The van der Waals surface area contributed by atoms with E-state index in [-0.39, 0.29) is 18.1 Å². The lowest BCUT2D eigenvalue weighted by molar-refractivity contribution is -0.132. The Morgan fingerprint density at radius 1 is 1.00 bits per heavy atom. The molecule has 5 rings (SSSR count). The summed E-state index contributed by atoms with van der Waals surface area (Å²) in [6.45, 7) is 2.61. The molecule has 8 nitrogen and oxygen atoms in total. The second kappa shape index (κ2) is 9.65. The fraction of sp³-hybridized carbons (Fsp3) is 0.214. The Morgan fingerprint density at radius 3 is 2.53 bits per heavy atom. The average molecular weight is 488 g/mol. The number of aliphatic hydroxyl groups is 1. The molecule has 3 aromatic rings. The van der Waals surface area contributed by atoms with E-state index in [1.165, 1.54) is 4.90 Å². The van der Waals surface area contributed by atoms with E-state index in [9.17, 15) is 14.7 Å². The number of carbonyl (C=O) groups is 2. The van der Waals surface area contributed by atoms with Crippen molar-refractivity contribution in [2.24, 2.45) is 0 Å². The first-order chi connectivity index (χ1) is 17.5. The van der Waals surface area contributed by atoms with E-state index >= 15 is 0 Å². The summed E-state index contributed by atoms with van der Waals surface area (Å²) in [5.41, 5.74) is 1.44. The molecule has 1 unspecified atom stereocenters. The number of benzene rings is 3. The van der Waals surface area contributed by atoms with Crippen LogP contribution >= 0.6 is 0 Å². The number of hydrogen-bond acceptors (Lipinski definition) is 7. The fourth-order valence-corrected chi connectivity index (χ4v) is 4.35. The molecule has 0 aliphatic carbocycles. The second-order valence-electron chi connectivity index (χ2n) is 8.36. The van der Waals surface area contributed by atoms with Crippen molar-refractivity contribution in [3.05, 3.63) is 83.4 Å². The van der Waals surface area contributed by atoms with Gasteiger partial charge >= 0.3 is 0 Å². The first-order valence-electron chi connectivity index (χ1n) is 11.6. The van der Waals surface area contributed by atoms with Crippen LogP contribution < -0.4 is 23.8 Å². The van der Waals surface area contributed by atoms with Crippen LogP contribution in [0.4, 0.5) is 5.69 Å². The van der Waals surface area contributed by atoms with Crippen molar-refractivity contribution in [1.29, 1.82) is 0 Å². The van der Waals surface area contributed by atoms with Crippen LogP contribution in [0.3, 0.4) is 0 Å². The molecule has 1 amide bonds. The summed E-state index contributed by atoms with van der Waals surface area (Å²) < 4.78 is 21.8. The molecule has 0 radical (unpaired) electrons. The predicted octanol–water partition coefficient (Wildman–Crippen LogP) is 4.84. The average Bonchev–Trinajstić information content (AvgIpc) is 3.49. The molecule has 2 heterocycles. The van der Waals surface area contributed by atoms with Crippen LogP contribution in [0.2, 0.25) is 0 Å². The van der Waals surface area contributed by atoms with Crippen molar-refractivity contribution in [3.63, 3.8) is 0 Å². The second-order valence-corrected chi connectivity index (χ2v) is 8.36. The third-order valence-electron chi connectivity index (χ3n) is 6.09. The Morgan fingerprint density at radius 2 is 1.78 bits per heavy atom. The topological polar surface area (TPSA) is 94.5 Å². The first kappa shape index (κ1) is 23.3. The van der Waals surface area contributed by atoms with E-state index < -0.39 is 17.7 Å². The number of ether oxygens (including phenoxy) is 4. The normalized spacial score (nSPS) is 17.9. The minimum Gasteiger partial charge on any atom is -0.507 e. The van der Waals surface area contributed by atoms with E-state index in [0.717, 1.165) is 6.42 Å². The van der Waals surface area contributed by atoms with Crippen molar-refractivity contribution >= 4 is 23.1 Å². The molecule has 1 saturated heterocycles. The summed E-state index contributed by atoms with van der Waals surface area (Å²) >= 11 is 0. The zero-order valence-electron chi connectivity index (χ0n) is 19.9. The van der Waals surface area contributed by atoms with Gasteiger partial charge in [0.05, 0.1) is 25.3 Å². The lowest BCUT2D eigenvalue weighted by atomic mass is 9.95. The largest absolute Gasteiger partial charge is 0.507 e. The lowest BCUT2D eigenvalue weighted by Crippen LogP contribution is -2.29. The highest BCUT2D eigenvalue weighted by Crippen LogP contribution is 2.44. The third-order valence-corrected chi connectivity index (χ3v) is 6.09. The molecule has 0 spiro atoms. The number of ketones is 1. The third kappa shape index (κ3) is 4.11. The van der Waals surface area contributed by atoms with Gasteiger partial charge in [0, 0.05) is 11.3 Å². The molecule has 184 valence electrons. The Hall–Kier alpha value is -4.46. The Bertz CT molecular complexity index is 1350. The zero-order valence-corrected chi connectivity index (χ0v) is 19.9. The number of amides is 1. The van der Waals surface area contributed by atoms with Gasteiger partial charge in [-0.25, -0.2) is 0 Å². The molecule has 3 aromatic carbocycles. The number of Topliss-reactive ketones (excluding diaryl/α,β-unsaturated/α-hetero) is 1. The van der Waals surface area contributed by atoms with Gasteiger partial charge < -0.3 is 24.1 Å². The molecule has 36 heavy (non-hydrogen) atoms. The Labute approximate surface area is 208 Å². The van der Waals surface area contributed by atoms with Crippen LogP contribution in [-0.4, -0.2) is 37.3 Å². The number of fused-ring (bicyclic) bond motifs is 1. The molecular weight excluding hydrogens is 462 g/mol. The van der Waals surface area contributed by atoms with Crippen LogP contribution in [-0.2, 0) is 9.59 Å². The summed E-state index contributed by atoms with van der Waals surface area (Å²) in [5, 5.41) is 11.4. The van der Waals surface area contributed by atoms with E-state index in [1.807, 2.05) is 13.0 Å². The fourth-order valence-electron chi connectivity index (χ4n) is 4.35. The number of aliphatic hydroxyl groups excluding tert-OH is 1. The molecule has 2 aliphatic rings. The van der Waals surface area contributed by atoms with Gasteiger partial charge in [0.25, 0.3) is 11.7 Å². The number of hydrogen-bond donors (Lipinski definition) is 1. The first-order valence-corrected chi connectivity index (χ1v) is 11.6. The van der Waals surface area contributed by atoms with E-state index in [2.05, 4.69) is 0 Å². The highest BCUT2D eigenvalue weighted by Gasteiger charge is 2.47. The van der Waals surface area contributed by atoms with Crippen LogP contribution in [0.5, 0.6) is 23.0 Å². The summed E-state index contributed by atoms with van der Waals surface area (Å²) in [4.78, 5) is 28.1. The van der Waals surface area contributed by atoms with Crippen molar-refractivity contribution in [2.75, 3.05) is 25.4 Å². The highest BCUT2D eigenvalue weighted by molar-refractivity contribution is 6.51. The number of anilines is 1. The summed E-state index contributed by atoms with van der Waals surface area (Å²) in [5.74, 6) is 0.392. The van der Waals surface area contributed by atoms with Crippen molar-refractivity contribution in [1.82, 2.24) is 0 Å². The van der Waals surface area contributed by atoms with Crippen LogP contribution in [0.25, 0.3) is 5.76 Å². The summed E-state index contributed by atoms with van der Waals surface area (Å²) in [6, 6.07) is 18.0. The maximum absolute atomic E-state index is 13.4. The van der Waals surface area contributed by atoms with Gasteiger partial charge in [-0.2, -0.15) is 0 Å². The standard InChI is InChI=1S/C28H25NO7/c1-3-13-34-21-6-4-5-17(14-21)25-24(26(30)18-7-12-22-23(15-18)36-16-35-22)27(31)28(32)29(25)19-8-10-20(33-2)11-9-19/h4-12,14-15,25,30H,3,13,16H2,1-2H3/b26-24-. The predicted molar refractivity (Wildman–Crippen MR) is 133 cm³/mol. The van der Waals surface area contributed by atoms with Gasteiger partial charge in [0.15, 0.2) is 11.5 Å². The molecule has 0 saturated carbocycles. The van der Waals surface area contributed by atoms with Gasteiger partial charge in [-0.05, 0) is 66.6 Å². The van der Waals surface area contributed by atoms with Gasteiger partial charge in [-0.15, -0.1) is 0 Å². The van der Waals surface area contributed by atoms with Gasteiger partial charge in [0.2, 0.25) is 6.79 Å². The minimum absolute atomic E-state index is 0.0256. The molecular formula is C28H25NO7. The van der Waals surface area contributed by atoms with Crippen LogP contribution in [0.1, 0.15) is 30.5 Å².